The van der Waals surface area contributed by atoms with Crippen LogP contribution in [0.2, 0.25) is 0 Å². The maximum atomic E-state index is 11.0. The molecule has 15 heavy (non-hydrogen) atoms. The van der Waals surface area contributed by atoms with Crippen LogP contribution < -0.4 is 4.89 Å². The first-order valence-corrected chi connectivity index (χ1v) is 5.02. The van der Waals surface area contributed by atoms with Gasteiger partial charge in [-0.1, -0.05) is 18.4 Å². The van der Waals surface area contributed by atoms with Crippen molar-refractivity contribution in [3.63, 3.8) is 0 Å². The Kier molecular flexibility index (Phi) is 10.4. The monoisotopic (exact) mass is 345 g/mol. The van der Waals surface area contributed by atoms with E-state index in [-0.39, 0.29) is 51.0 Å². The van der Waals surface area contributed by atoms with E-state index in [1.807, 2.05) is 20.8 Å². The van der Waals surface area contributed by atoms with Gasteiger partial charge in [0.1, 0.15) is 5.16 Å². The zero-order chi connectivity index (χ0) is 9.52. The second-order valence-electron chi connectivity index (χ2n) is 3.33. The predicted molar refractivity (Wildman–Crippen MR) is 61.3 cm³/mol. The summed E-state index contributed by atoms with van der Waals surface area (Å²) in [6.45, 7) is 7.36. The molecule has 86 valence electrons. The molecule has 0 aromatic carbocycles. The van der Waals surface area contributed by atoms with Crippen LogP contribution >= 0.6 is 32.8 Å². The summed E-state index contributed by atoms with van der Waals surface area (Å²) in [5.74, 6) is 0. The molecule has 0 heterocycles. The molecule has 0 spiro atoms. The Morgan fingerprint density at radius 3 is 1.80 bits per heavy atom. The molecule has 0 saturated carbocycles. The van der Waals surface area contributed by atoms with Crippen LogP contribution in [0.3, 0.4) is 0 Å². The van der Waals surface area contributed by atoms with Crippen LogP contribution in [0.15, 0.2) is 16.7 Å². The molecule has 0 aliphatic heterocycles. The maximum Gasteiger partial charge on any atom is 0.302 e. The molecule has 2 atom stereocenters. The summed E-state index contributed by atoms with van der Waals surface area (Å²) in [4.78, 5) is 11.0. The van der Waals surface area contributed by atoms with Crippen LogP contribution in [0.25, 0.3) is 0 Å². The van der Waals surface area contributed by atoms with Crippen LogP contribution in [0.1, 0.15) is 27.7 Å². The Labute approximate surface area is 123 Å². The minimum Gasteiger partial charge on any atom is -0.596 e. The maximum absolute atomic E-state index is 11.0. The Hall–Kier alpha value is 1.00. The fraction of sp³-hybridized carbons (Fsp3) is 0.556. The molecule has 0 amide bonds. The summed E-state index contributed by atoms with van der Waals surface area (Å²) in [5, 5.41) is -0.858. The second-order valence-corrected chi connectivity index (χ2v) is 4.74. The van der Waals surface area contributed by atoms with Crippen molar-refractivity contribution in [2.45, 2.75) is 32.9 Å². The summed E-state index contributed by atoms with van der Waals surface area (Å²) >= 11 is 0. The van der Waals surface area contributed by atoms with Gasteiger partial charge in [0.25, 0.3) is 0 Å². The molecule has 1 aliphatic carbocycles. The number of hydrogen-bond donors (Lipinski definition) is 0. The Morgan fingerprint density at radius 1 is 1.27 bits per heavy atom. The quantitative estimate of drug-likeness (QED) is 0.541. The molecular weight excluding hydrogens is 333 g/mol. The van der Waals surface area contributed by atoms with E-state index in [1.165, 1.54) is 0 Å². The SMILES string of the molecule is CC1=[C-]C(C)([P+](=O)[O-])C(C)=C1C.Cl.Cl.[Zr]. The van der Waals surface area contributed by atoms with Gasteiger partial charge in [0.05, 0.1) is 0 Å². The first-order chi connectivity index (χ1) is 5.39. The van der Waals surface area contributed by atoms with Crippen LogP contribution in [-0.4, -0.2) is 5.16 Å². The van der Waals surface area contributed by atoms with Crippen molar-refractivity contribution in [3.8, 4) is 0 Å². The summed E-state index contributed by atoms with van der Waals surface area (Å²) in [6, 6.07) is 0. The van der Waals surface area contributed by atoms with Gasteiger partial charge < -0.3 is 4.89 Å². The predicted octanol–water partition coefficient (Wildman–Crippen LogP) is 2.79. The topological polar surface area (TPSA) is 40.1 Å². The van der Waals surface area contributed by atoms with Gasteiger partial charge in [0, 0.05) is 26.2 Å². The minimum absolute atomic E-state index is 0. The first kappa shape index (κ1) is 21.3. The number of hydrogen-bond acceptors (Lipinski definition) is 2. The van der Waals surface area contributed by atoms with E-state index < -0.39 is 13.2 Å². The summed E-state index contributed by atoms with van der Waals surface area (Å²) in [6.07, 6.45) is 2.98. The van der Waals surface area contributed by atoms with Crippen molar-refractivity contribution in [2.24, 2.45) is 0 Å². The van der Waals surface area contributed by atoms with Gasteiger partial charge >= 0.3 is 8.03 Å². The van der Waals surface area contributed by atoms with E-state index in [2.05, 4.69) is 6.08 Å². The van der Waals surface area contributed by atoms with Crippen LogP contribution in [-0.2, 0) is 30.8 Å². The van der Waals surface area contributed by atoms with Crippen LogP contribution in [0.4, 0.5) is 0 Å². The Balaban J connectivity index is -0.000000480. The molecule has 1 rings (SSSR count). The second kappa shape index (κ2) is 7.35. The third-order valence-corrected chi connectivity index (χ3v) is 3.83. The third-order valence-electron chi connectivity index (χ3n) is 2.65. The van der Waals surface area contributed by atoms with Crippen molar-refractivity contribution < 1.29 is 35.7 Å². The molecule has 0 saturated heterocycles. The molecule has 0 aromatic heterocycles. The fourth-order valence-electron chi connectivity index (χ4n) is 1.38. The zero-order valence-corrected chi connectivity index (χ0v) is 14.1. The summed E-state index contributed by atoms with van der Waals surface area (Å²) < 4.78 is 11.0. The van der Waals surface area contributed by atoms with E-state index in [0.717, 1.165) is 16.7 Å². The van der Waals surface area contributed by atoms with E-state index >= 15 is 0 Å². The number of rotatable bonds is 1. The molecule has 1 aliphatic rings. The van der Waals surface area contributed by atoms with Gasteiger partial charge in [-0.05, 0) is 6.92 Å². The molecule has 0 aromatic rings. The average molecular weight is 347 g/mol. The van der Waals surface area contributed by atoms with Crippen LogP contribution in [0.5, 0.6) is 0 Å². The van der Waals surface area contributed by atoms with Gasteiger partial charge in [-0.15, -0.1) is 37.3 Å². The van der Waals surface area contributed by atoms with Crippen molar-refractivity contribution in [1.82, 2.24) is 0 Å². The smallest absolute Gasteiger partial charge is 0.302 e. The van der Waals surface area contributed by atoms with E-state index in [9.17, 15) is 9.46 Å². The van der Waals surface area contributed by atoms with E-state index in [4.69, 9.17) is 0 Å². The van der Waals surface area contributed by atoms with Gasteiger partial charge in [-0.2, -0.15) is 5.57 Å². The molecule has 2 unspecified atom stereocenters. The molecule has 6 heteroatoms. The van der Waals surface area contributed by atoms with Crippen molar-refractivity contribution in [1.29, 1.82) is 0 Å². The van der Waals surface area contributed by atoms with Crippen molar-refractivity contribution in [2.75, 3.05) is 0 Å². The zero-order valence-electron chi connectivity index (χ0n) is 9.08. The number of halogens is 2. The Bertz CT molecular complexity index is 315. The summed E-state index contributed by atoms with van der Waals surface area (Å²) in [7, 11) is -2.47. The molecule has 0 bridgehead atoms. The fourth-order valence-corrected chi connectivity index (χ4v) is 2.08. The number of allylic oxidation sites excluding steroid dienone is 4. The van der Waals surface area contributed by atoms with Gasteiger partial charge in [0.15, 0.2) is 0 Å². The van der Waals surface area contributed by atoms with Gasteiger partial charge in [-0.25, -0.2) is 11.6 Å². The summed E-state index contributed by atoms with van der Waals surface area (Å²) in [5.41, 5.74) is 2.90. The van der Waals surface area contributed by atoms with E-state index in [1.54, 1.807) is 6.92 Å². The van der Waals surface area contributed by atoms with Gasteiger partial charge in [-0.3, -0.25) is 0 Å². The average Bonchev–Trinajstić information content (AvgIpc) is 2.17. The third kappa shape index (κ3) is 3.75. The largest absolute Gasteiger partial charge is 0.596 e. The first-order valence-electron chi connectivity index (χ1n) is 3.84. The van der Waals surface area contributed by atoms with Gasteiger partial charge in [0.2, 0.25) is 0 Å². The molecule has 2 nitrogen and oxygen atoms in total. The molecule has 0 radical (unpaired) electrons. The standard InChI is InChI=1S/C9H12O2P.2ClH.Zr/c1-6-5-9(4,12(10)11)8(3)7(6)2;;;/h1-4H3;2*1H;/q-1;;;. The molecular formula is C9H14Cl2O2PZr-. The minimum atomic E-state index is -2.47. The van der Waals surface area contributed by atoms with Crippen LogP contribution in [0, 0.1) is 6.08 Å². The van der Waals surface area contributed by atoms with E-state index in [0.29, 0.717) is 0 Å². The Morgan fingerprint density at radius 2 is 1.67 bits per heavy atom. The normalized spacial score (nSPS) is 24.6. The van der Waals surface area contributed by atoms with Crippen molar-refractivity contribution >= 4 is 32.8 Å². The molecule has 0 N–H and O–H groups in total. The van der Waals surface area contributed by atoms with Crippen molar-refractivity contribution in [3.05, 3.63) is 22.8 Å². The molecule has 0 fully saturated rings.